The minimum atomic E-state index is 0.323. The van der Waals surface area contributed by atoms with Gasteiger partial charge in [0.05, 0.1) is 0 Å². The van der Waals surface area contributed by atoms with Crippen LogP contribution in [-0.4, -0.2) is 27.5 Å². The Labute approximate surface area is 114 Å². The van der Waals surface area contributed by atoms with E-state index >= 15 is 0 Å². The zero-order valence-electron chi connectivity index (χ0n) is 11.3. The van der Waals surface area contributed by atoms with Crippen molar-refractivity contribution < 1.29 is 5.11 Å². The molecule has 1 unspecified atom stereocenters. The molecule has 2 rings (SSSR count). The van der Waals surface area contributed by atoms with E-state index in [4.69, 9.17) is 0 Å². The number of phenols is 1. The summed E-state index contributed by atoms with van der Waals surface area (Å²) in [6.07, 6.45) is 5.84. The second kappa shape index (κ2) is 6.95. The highest BCUT2D eigenvalue weighted by Gasteiger charge is 2.02. The molecule has 0 fully saturated rings. The number of nitrogens with zero attached hydrogens (tertiary/aromatic N) is 2. The van der Waals surface area contributed by atoms with Crippen LogP contribution in [0.15, 0.2) is 42.7 Å². The summed E-state index contributed by atoms with van der Waals surface area (Å²) in [5, 5.41) is 16.9. The van der Waals surface area contributed by atoms with Gasteiger partial charge in [0.15, 0.2) is 0 Å². The minimum Gasteiger partial charge on any atom is -0.508 e. The quantitative estimate of drug-likeness (QED) is 0.749. The van der Waals surface area contributed by atoms with Gasteiger partial charge in [0.1, 0.15) is 5.75 Å². The Bertz CT molecular complexity index is 465. The van der Waals surface area contributed by atoms with E-state index in [2.05, 4.69) is 17.3 Å². The molecule has 0 saturated heterocycles. The van der Waals surface area contributed by atoms with Crippen molar-refractivity contribution in [2.75, 3.05) is 6.54 Å². The first kappa shape index (κ1) is 13.6. The normalized spacial score (nSPS) is 12.5. The van der Waals surface area contributed by atoms with Crippen LogP contribution in [0, 0.1) is 0 Å². The summed E-state index contributed by atoms with van der Waals surface area (Å²) in [4.78, 5) is 0. The van der Waals surface area contributed by atoms with Crippen molar-refractivity contribution in [3.05, 3.63) is 48.3 Å². The Morgan fingerprint density at radius 2 is 2.11 bits per heavy atom. The molecule has 1 aromatic carbocycles. The number of benzene rings is 1. The van der Waals surface area contributed by atoms with Gasteiger partial charge in [0.25, 0.3) is 0 Å². The van der Waals surface area contributed by atoms with E-state index in [-0.39, 0.29) is 0 Å². The van der Waals surface area contributed by atoms with Crippen molar-refractivity contribution in [3.8, 4) is 5.75 Å². The lowest BCUT2D eigenvalue weighted by atomic mass is 10.1. The van der Waals surface area contributed by atoms with Crippen LogP contribution in [0.3, 0.4) is 0 Å². The molecule has 0 spiro atoms. The smallest absolute Gasteiger partial charge is 0.115 e. The number of phenolic OH excluding ortho intramolecular Hbond substituents is 1. The number of hydrogen-bond donors (Lipinski definition) is 2. The molecule has 4 nitrogen and oxygen atoms in total. The highest BCUT2D eigenvalue weighted by Crippen LogP contribution is 2.11. The third-order valence-corrected chi connectivity index (χ3v) is 3.09. The maximum Gasteiger partial charge on any atom is 0.115 e. The van der Waals surface area contributed by atoms with E-state index in [1.807, 2.05) is 29.1 Å². The molecule has 2 N–H and O–H groups in total. The van der Waals surface area contributed by atoms with Crippen molar-refractivity contribution in [2.45, 2.75) is 32.4 Å². The van der Waals surface area contributed by atoms with Gasteiger partial charge in [-0.05, 0) is 50.1 Å². The van der Waals surface area contributed by atoms with Crippen LogP contribution in [-0.2, 0) is 13.0 Å². The van der Waals surface area contributed by atoms with Crippen LogP contribution in [0.25, 0.3) is 0 Å². The third kappa shape index (κ3) is 4.75. The SMILES string of the molecule is CC(Cc1ccc(O)cc1)NCCCn1cccn1. The molecule has 0 aliphatic heterocycles. The Balaban J connectivity index is 1.64. The van der Waals surface area contributed by atoms with Gasteiger partial charge in [-0.2, -0.15) is 5.10 Å². The summed E-state index contributed by atoms with van der Waals surface area (Å²) in [6, 6.07) is 9.79. The van der Waals surface area contributed by atoms with Gasteiger partial charge in [-0.25, -0.2) is 0 Å². The molecule has 0 saturated carbocycles. The minimum absolute atomic E-state index is 0.323. The predicted molar refractivity (Wildman–Crippen MR) is 76.1 cm³/mol. The van der Waals surface area contributed by atoms with E-state index in [1.165, 1.54) is 5.56 Å². The van der Waals surface area contributed by atoms with Crippen LogP contribution >= 0.6 is 0 Å². The van der Waals surface area contributed by atoms with Gasteiger partial charge in [-0.3, -0.25) is 4.68 Å². The number of aromatic hydroxyl groups is 1. The maximum absolute atomic E-state index is 9.23. The first-order valence-corrected chi connectivity index (χ1v) is 6.73. The summed E-state index contributed by atoms with van der Waals surface area (Å²) in [7, 11) is 0. The molecule has 0 radical (unpaired) electrons. The Kier molecular flexibility index (Phi) is 4.98. The maximum atomic E-state index is 9.23. The fourth-order valence-electron chi connectivity index (χ4n) is 2.08. The summed E-state index contributed by atoms with van der Waals surface area (Å²) in [5.41, 5.74) is 1.24. The highest BCUT2D eigenvalue weighted by molar-refractivity contribution is 5.26. The monoisotopic (exact) mass is 259 g/mol. The van der Waals surface area contributed by atoms with Crippen molar-refractivity contribution >= 4 is 0 Å². The molecule has 102 valence electrons. The number of aryl methyl sites for hydroxylation is 1. The average molecular weight is 259 g/mol. The molecule has 1 atom stereocenters. The second-order valence-corrected chi connectivity index (χ2v) is 4.85. The molecular weight excluding hydrogens is 238 g/mol. The van der Waals surface area contributed by atoms with Gasteiger partial charge in [0, 0.05) is 25.0 Å². The van der Waals surface area contributed by atoms with E-state index in [9.17, 15) is 5.11 Å². The second-order valence-electron chi connectivity index (χ2n) is 4.85. The summed E-state index contributed by atoms with van der Waals surface area (Å²) < 4.78 is 1.95. The van der Waals surface area contributed by atoms with Crippen LogP contribution < -0.4 is 5.32 Å². The van der Waals surface area contributed by atoms with Crippen molar-refractivity contribution in [1.82, 2.24) is 15.1 Å². The number of rotatable bonds is 7. The van der Waals surface area contributed by atoms with Crippen molar-refractivity contribution in [2.24, 2.45) is 0 Å². The lowest BCUT2D eigenvalue weighted by Gasteiger charge is -2.14. The molecule has 19 heavy (non-hydrogen) atoms. The number of aromatic nitrogens is 2. The summed E-state index contributed by atoms with van der Waals surface area (Å²) in [5.74, 6) is 0.323. The van der Waals surface area contributed by atoms with Gasteiger partial charge in [-0.15, -0.1) is 0 Å². The standard InChI is InChI=1S/C15H21N3O/c1-13(12-14-4-6-15(19)7-5-14)16-8-2-10-18-11-3-9-17-18/h3-7,9,11,13,16,19H,2,8,10,12H2,1H3. The zero-order valence-corrected chi connectivity index (χ0v) is 11.3. The molecule has 0 aliphatic carbocycles. The van der Waals surface area contributed by atoms with Crippen LogP contribution in [0.2, 0.25) is 0 Å². The highest BCUT2D eigenvalue weighted by atomic mass is 16.3. The van der Waals surface area contributed by atoms with E-state index in [0.717, 1.165) is 25.9 Å². The average Bonchev–Trinajstić information content (AvgIpc) is 2.91. The van der Waals surface area contributed by atoms with Crippen molar-refractivity contribution in [3.63, 3.8) is 0 Å². The largest absolute Gasteiger partial charge is 0.508 e. The molecule has 0 amide bonds. The van der Waals surface area contributed by atoms with Gasteiger partial charge < -0.3 is 10.4 Å². The number of nitrogens with one attached hydrogen (secondary N) is 1. The summed E-state index contributed by atoms with van der Waals surface area (Å²) in [6.45, 7) is 4.12. The lowest BCUT2D eigenvalue weighted by Crippen LogP contribution is -2.29. The fourth-order valence-corrected chi connectivity index (χ4v) is 2.08. The van der Waals surface area contributed by atoms with E-state index < -0.39 is 0 Å². The van der Waals surface area contributed by atoms with Gasteiger partial charge in [-0.1, -0.05) is 12.1 Å². The predicted octanol–water partition coefficient (Wildman–Crippen LogP) is 2.20. The van der Waals surface area contributed by atoms with Crippen LogP contribution in [0.1, 0.15) is 18.9 Å². The fraction of sp³-hybridized carbons (Fsp3) is 0.400. The number of hydrogen-bond acceptors (Lipinski definition) is 3. The first-order valence-electron chi connectivity index (χ1n) is 6.73. The van der Waals surface area contributed by atoms with Gasteiger partial charge in [0.2, 0.25) is 0 Å². The van der Waals surface area contributed by atoms with Crippen molar-refractivity contribution in [1.29, 1.82) is 0 Å². The van der Waals surface area contributed by atoms with E-state index in [0.29, 0.717) is 11.8 Å². The van der Waals surface area contributed by atoms with Crippen LogP contribution in [0.4, 0.5) is 0 Å². The Morgan fingerprint density at radius 1 is 1.32 bits per heavy atom. The first-order chi connectivity index (χ1) is 9.24. The van der Waals surface area contributed by atoms with E-state index in [1.54, 1.807) is 18.3 Å². The zero-order chi connectivity index (χ0) is 13.5. The Hall–Kier alpha value is -1.81. The van der Waals surface area contributed by atoms with Gasteiger partial charge >= 0.3 is 0 Å². The van der Waals surface area contributed by atoms with Crippen LogP contribution in [0.5, 0.6) is 5.75 Å². The molecular formula is C15H21N3O. The molecule has 0 aliphatic rings. The molecule has 0 bridgehead atoms. The molecule has 2 aromatic rings. The molecule has 1 heterocycles. The molecule has 1 aromatic heterocycles. The summed E-state index contributed by atoms with van der Waals surface area (Å²) >= 11 is 0. The lowest BCUT2D eigenvalue weighted by molar-refractivity contribution is 0.474. The molecule has 4 heteroatoms. The third-order valence-electron chi connectivity index (χ3n) is 3.09. The Morgan fingerprint density at radius 3 is 2.79 bits per heavy atom. The topological polar surface area (TPSA) is 50.1 Å².